The highest BCUT2D eigenvalue weighted by Crippen LogP contribution is 2.48. The maximum atomic E-state index is 12.8. The first kappa shape index (κ1) is 14.9. The van der Waals surface area contributed by atoms with Crippen molar-refractivity contribution >= 4 is 11.9 Å². The minimum atomic E-state index is -0.903. The summed E-state index contributed by atoms with van der Waals surface area (Å²) >= 11 is 0. The monoisotopic (exact) mass is 321 g/mol. The third kappa shape index (κ3) is 2.68. The van der Waals surface area contributed by atoms with Gasteiger partial charge in [0.15, 0.2) is 0 Å². The van der Waals surface area contributed by atoms with Crippen molar-refractivity contribution < 1.29 is 14.7 Å². The van der Waals surface area contributed by atoms with Gasteiger partial charge in [-0.15, -0.1) is 0 Å². The molecule has 1 aliphatic heterocycles. The van der Waals surface area contributed by atoms with Crippen LogP contribution in [0.4, 0.5) is 0 Å². The number of fused-ring (bicyclic) bond motifs is 1. The Morgan fingerprint density at radius 1 is 1.04 bits per heavy atom. The number of carbonyl (C=O) groups is 2. The van der Waals surface area contributed by atoms with E-state index in [0.29, 0.717) is 24.6 Å². The third-order valence-electron chi connectivity index (χ3n) is 5.11. The summed E-state index contributed by atoms with van der Waals surface area (Å²) in [5.41, 5.74) is 3.69. The lowest BCUT2D eigenvalue weighted by molar-refractivity contribution is -0.133. The van der Waals surface area contributed by atoms with Crippen molar-refractivity contribution in [1.82, 2.24) is 4.90 Å². The van der Waals surface area contributed by atoms with E-state index in [-0.39, 0.29) is 11.8 Å². The molecular weight excluding hydrogens is 302 g/mol. The van der Waals surface area contributed by atoms with Gasteiger partial charge in [0.1, 0.15) is 0 Å². The fourth-order valence-corrected chi connectivity index (χ4v) is 3.65. The molecule has 0 saturated heterocycles. The van der Waals surface area contributed by atoms with Crippen LogP contribution >= 0.6 is 0 Å². The van der Waals surface area contributed by atoms with Crippen LogP contribution in [0.25, 0.3) is 0 Å². The minimum Gasteiger partial charge on any atom is -0.478 e. The van der Waals surface area contributed by atoms with Gasteiger partial charge in [0.25, 0.3) is 0 Å². The normalized spacial score (nSPS) is 21.9. The van der Waals surface area contributed by atoms with Crippen molar-refractivity contribution in [2.24, 2.45) is 5.92 Å². The lowest BCUT2D eigenvalue weighted by Gasteiger charge is -2.29. The predicted octanol–water partition coefficient (Wildman–Crippen LogP) is 3.07. The number of aromatic carboxylic acids is 1. The van der Waals surface area contributed by atoms with Crippen molar-refractivity contribution in [2.45, 2.75) is 25.3 Å². The number of carboxylic acid groups (broad SMARTS) is 1. The summed E-state index contributed by atoms with van der Waals surface area (Å²) < 4.78 is 0. The zero-order valence-electron chi connectivity index (χ0n) is 13.3. The average Bonchev–Trinajstić information content (AvgIpc) is 3.41. The minimum absolute atomic E-state index is 0.104. The molecule has 24 heavy (non-hydrogen) atoms. The summed E-state index contributed by atoms with van der Waals surface area (Å²) in [6.45, 7) is 1.26. The maximum Gasteiger partial charge on any atom is 0.335 e. The van der Waals surface area contributed by atoms with Gasteiger partial charge in [0.2, 0.25) is 5.91 Å². The molecule has 122 valence electrons. The third-order valence-corrected chi connectivity index (χ3v) is 5.11. The lowest BCUT2D eigenvalue weighted by atomic mass is 9.97. The molecule has 4 heteroatoms. The van der Waals surface area contributed by atoms with Crippen molar-refractivity contribution in [3.05, 3.63) is 70.8 Å². The van der Waals surface area contributed by atoms with Gasteiger partial charge >= 0.3 is 5.97 Å². The van der Waals surface area contributed by atoms with Gasteiger partial charge in [0.05, 0.1) is 5.56 Å². The van der Waals surface area contributed by atoms with Gasteiger partial charge in [-0.1, -0.05) is 36.4 Å². The molecular formula is C20H19NO3. The zero-order chi connectivity index (χ0) is 16.7. The quantitative estimate of drug-likeness (QED) is 0.945. The molecule has 0 radical (unpaired) electrons. The number of carboxylic acids is 1. The van der Waals surface area contributed by atoms with Crippen LogP contribution in [0.5, 0.6) is 0 Å². The molecule has 0 aromatic heterocycles. The number of carbonyl (C=O) groups excluding carboxylic acids is 1. The molecule has 2 atom stereocenters. The number of hydrogen-bond donors (Lipinski definition) is 1. The van der Waals surface area contributed by atoms with Crippen LogP contribution in [0.1, 0.15) is 39.4 Å². The standard InChI is InChI=1S/C20H19NO3/c22-19(18-11-17(18)13-4-2-1-3-5-13)21-9-8-14-10-15(20(23)24)6-7-16(14)12-21/h1-7,10,17-18H,8-9,11-12H2,(H,23,24)/t17-,18+/m1/s1. The Labute approximate surface area is 140 Å². The Hall–Kier alpha value is -2.62. The van der Waals surface area contributed by atoms with E-state index in [1.54, 1.807) is 12.1 Å². The van der Waals surface area contributed by atoms with E-state index in [1.807, 2.05) is 29.2 Å². The van der Waals surface area contributed by atoms with Crippen LogP contribution in [-0.2, 0) is 17.8 Å². The molecule has 0 unspecified atom stereocenters. The molecule has 1 N–H and O–H groups in total. The highest BCUT2D eigenvalue weighted by Gasteiger charge is 2.45. The maximum absolute atomic E-state index is 12.8. The first-order valence-corrected chi connectivity index (χ1v) is 8.32. The smallest absolute Gasteiger partial charge is 0.335 e. The van der Waals surface area contributed by atoms with E-state index in [0.717, 1.165) is 24.0 Å². The van der Waals surface area contributed by atoms with E-state index in [2.05, 4.69) is 12.1 Å². The SMILES string of the molecule is O=C(O)c1ccc2c(c1)CCN(C(=O)[C@H]1C[C@@H]1c1ccccc1)C2. The number of nitrogens with zero attached hydrogens (tertiary/aromatic N) is 1. The molecule has 1 saturated carbocycles. The highest BCUT2D eigenvalue weighted by atomic mass is 16.4. The fourth-order valence-electron chi connectivity index (χ4n) is 3.65. The van der Waals surface area contributed by atoms with Crippen LogP contribution in [0, 0.1) is 5.92 Å². The Morgan fingerprint density at radius 2 is 1.83 bits per heavy atom. The molecule has 2 aliphatic rings. The van der Waals surface area contributed by atoms with Crippen LogP contribution in [-0.4, -0.2) is 28.4 Å². The van der Waals surface area contributed by atoms with Crippen LogP contribution in [0.2, 0.25) is 0 Å². The Kier molecular flexibility index (Phi) is 3.60. The van der Waals surface area contributed by atoms with E-state index in [4.69, 9.17) is 5.11 Å². The molecule has 2 aromatic carbocycles. The molecule has 1 amide bonds. The molecule has 0 bridgehead atoms. The number of rotatable bonds is 3. The summed E-state index contributed by atoms with van der Waals surface area (Å²) in [6.07, 6.45) is 1.66. The van der Waals surface area contributed by atoms with Crippen molar-refractivity contribution in [3.8, 4) is 0 Å². The molecule has 4 rings (SSSR count). The van der Waals surface area contributed by atoms with Crippen molar-refractivity contribution in [1.29, 1.82) is 0 Å². The predicted molar refractivity (Wildman–Crippen MR) is 89.8 cm³/mol. The average molecular weight is 321 g/mol. The molecule has 0 spiro atoms. The molecule has 1 fully saturated rings. The lowest BCUT2D eigenvalue weighted by Crippen LogP contribution is -2.37. The summed E-state index contributed by atoms with van der Waals surface area (Å²) in [5.74, 6) is -0.210. The molecule has 4 nitrogen and oxygen atoms in total. The highest BCUT2D eigenvalue weighted by molar-refractivity contribution is 5.88. The van der Waals surface area contributed by atoms with Gasteiger partial charge in [0, 0.05) is 19.0 Å². The van der Waals surface area contributed by atoms with Gasteiger partial charge in [-0.25, -0.2) is 4.79 Å². The zero-order valence-corrected chi connectivity index (χ0v) is 13.3. The fraction of sp³-hybridized carbons (Fsp3) is 0.300. The Morgan fingerprint density at radius 3 is 2.58 bits per heavy atom. The van der Waals surface area contributed by atoms with E-state index < -0.39 is 5.97 Å². The van der Waals surface area contributed by atoms with Gasteiger partial charge < -0.3 is 10.0 Å². The van der Waals surface area contributed by atoms with E-state index in [9.17, 15) is 9.59 Å². The topological polar surface area (TPSA) is 57.6 Å². The Balaban J connectivity index is 1.45. The second kappa shape index (κ2) is 5.78. The summed E-state index contributed by atoms with van der Waals surface area (Å²) in [5, 5.41) is 9.08. The number of amides is 1. The molecule has 2 aromatic rings. The molecule has 1 aliphatic carbocycles. The number of benzene rings is 2. The second-order valence-electron chi connectivity index (χ2n) is 6.66. The van der Waals surface area contributed by atoms with Gasteiger partial charge in [-0.05, 0) is 47.6 Å². The van der Waals surface area contributed by atoms with E-state index in [1.165, 1.54) is 5.56 Å². The summed E-state index contributed by atoms with van der Waals surface area (Å²) in [6, 6.07) is 15.4. The van der Waals surface area contributed by atoms with Crippen LogP contribution in [0.3, 0.4) is 0 Å². The first-order chi connectivity index (χ1) is 11.6. The van der Waals surface area contributed by atoms with Crippen LogP contribution in [0.15, 0.2) is 48.5 Å². The summed E-state index contributed by atoms with van der Waals surface area (Å²) in [7, 11) is 0. The van der Waals surface area contributed by atoms with Crippen molar-refractivity contribution in [3.63, 3.8) is 0 Å². The molecule has 1 heterocycles. The van der Waals surface area contributed by atoms with Gasteiger partial charge in [-0.3, -0.25) is 4.79 Å². The first-order valence-electron chi connectivity index (χ1n) is 8.32. The summed E-state index contributed by atoms with van der Waals surface area (Å²) in [4.78, 5) is 25.8. The largest absolute Gasteiger partial charge is 0.478 e. The van der Waals surface area contributed by atoms with Gasteiger partial charge in [-0.2, -0.15) is 0 Å². The van der Waals surface area contributed by atoms with Crippen molar-refractivity contribution in [2.75, 3.05) is 6.54 Å². The number of hydrogen-bond acceptors (Lipinski definition) is 2. The van der Waals surface area contributed by atoms with Crippen LogP contribution < -0.4 is 0 Å². The Bertz CT molecular complexity index is 800. The van der Waals surface area contributed by atoms with E-state index >= 15 is 0 Å². The second-order valence-corrected chi connectivity index (χ2v) is 6.66.